The number of para-hydroxylation sites is 1. The third-order valence-corrected chi connectivity index (χ3v) is 2.99. The first-order chi connectivity index (χ1) is 11.0. The van der Waals surface area contributed by atoms with Crippen molar-refractivity contribution in [3.05, 3.63) is 59.2 Å². The van der Waals surface area contributed by atoms with Crippen molar-refractivity contribution in [3.8, 4) is 5.75 Å². The normalized spacial score (nSPS) is 15.9. The Morgan fingerprint density at radius 2 is 2.00 bits per heavy atom. The van der Waals surface area contributed by atoms with E-state index in [-0.39, 0.29) is 22.9 Å². The lowest BCUT2D eigenvalue weighted by Gasteiger charge is -2.08. The van der Waals surface area contributed by atoms with E-state index in [2.05, 4.69) is 9.73 Å². The molecule has 1 aliphatic heterocycles. The summed E-state index contributed by atoms with van der Waals surface area (Å²) in [6.07, 6.45) is 1.42. The monoisotopic (exact) mass is 319 g/mol. The third kappa shape index (κ3) is 3.28. The van der Waals surface area contributed by atoms with Crippen LogP contribution in [-0.4, -0.2) is 18.5 Å². The number of cyclic esters (lactones) is 1. The molecule has 0 saturated carbocycles. The molecule has 0 spiro atoms. The molecule has 0 bridgehead atoms. The molecule has 0 radical (unpaired) electrons. The molecule has 0 N–H and O–H groups in total. The Bertz CT molecular complexity index is 808. The van der Waals surface area contributed by atoms with Gasteiger partial charge in [0.15, 0.2) is 5.70 Å². The highest BCUT2D eigenvalue weighted by Gasteiger charge is 2.27. The molecule has 118 valence electrons. The van der Waals surface area contributed by atoms with E-state index in [1.165, 1.54) is 24.3 Å². The molecule has 0 fully saturated rings. The fraction of sp³-hybridized carbons (Fsp3) is 0.125. The van der Waals surface area contributed by atoms with E-state index >= 15 is 0 Å². The quantitative estimate of drug-likeness (QED) is 0.639. The van der Waals surface area contributed by atoms with E-state index in [1.807, 2.05) is 0 Å². The van der Waals surface area contributed by atoms with Gasteiger partial charge in [-0.25, -0.2) is 9.79 Å². The summed E-state index contributed by atoms with van der Waals surface area (Å²) in [7, 11) is 0. The maximum Gasteiger partial charge on any atom is 0.387 e. The number of esters is 1. The van der Waals surface area contributed by atoms with Crippen LogP contribution in [0, 0.1) is 6.92 Å². The summed E-state index contributed by atoms with van der Waals surface area (Å²) in [6.45, 7) is -1.23. The van der Waals surface area contributed by atoms with E-state index in [9.17, 15) is 13.6 Å². The fourth-order valence-electron chi connectivity index (χ4n) is 2.03. The van der Waals surface area contributed by atoms with Gasteiger partial charge >= 0.3 is 12.6 Å². The van der Waals surface area contributed by atoms with Crippen LogP contribution in [0.25, 0.3) is 6.08 Å². The molecule has 23 heavy (non-hydrogen) atoms. The van der Waals surface area contributed by atoms with Crippen LogP contribution in [0.3, 0.4) is 0 Å². The van der Waals surface area contributed by atoms with Crippen molar-refractivity contribution >= 4 is 17.9 Å². The van der Waals surface area contributed by atoms with Crippen molar-refractivity contribution in [2.24, 2.45) is 4.99 Å². The van der Waals surface area contributed by atoms with Gasteiger partial charge in [-0.2, -0.15) is 8.78 Å². The smallest absolute Gasteiger partial charge is 0.387 e. The van der Waals surface area contributed by atoms with Gasteiger partial charge in [-0.15, -0.1) is 0 Å². The summed E-state index contributed by atoms with van der Waals surface area (Å²) in [5.74, 6) is 0.213. The largest absolute Gasteiger partial charge is 0.462 e. The number of alkyl halides is 2. The van der Waals surface area contributed by atoms with Gasteiger partial charge < -0.3 is 13.9 Å². The molecule has 0 aliphatic carbocycles. The highest BCUT2D eigenvalue weighted by Crippen LogP contribution is 2.26. The second-order valence-corrected chi connectivity index (χ2v) is 4.66. The van der Waals surface area contributed by atoms with Crippen molar-refractivity contribution in [1.29, 1.82) is 0 Å². The first-order valence-corrected chi connectivity index (χ1v) is 6.66. The Labute approximate surface area is 129 Å². The van der Waals surface area contributed by atoms with Gasteiger partial charge in [0.2, 0.25) is 5.90 Å². The molecule has 3 rings (SSSR count). The summed E-state index contributed by atoms with van der Waals surface area (Å²) >= 11 is 0. The lowest BCUT2D eigenvalue weighted by molar-refractivity contribution is -0.129. The van der Waals surface area contributed by atoms with Gasteiger partial charge in [-0.1, -0.05) is 12.1 Å². The van der Waals surface area contributed by atoms with Gasteiger partial charge in [0.1, 0.15) is 17.3 Å². The van der Waals surface area contributed by atoms with E-state index in [4.69, 9.17) is 9.15 Å². The summed E-state index contributed by atoms with van der Waals surface area (Å²) in [4.78, 5) is 15.9. The minimum atomic E-state index is -2.99. The minimum Gasteiger partial charge on any atom is -0.462 e. The predicted octanol–water partition coefficient (Wildman–Crippen LogP) is 3.53. The van der Waals surface area contributed by atoms with Crippen molar-refractivity contribution in [2.45, 2.75) is 13.5 Å². The van der Waals surface area contributed by atoms with E-state index in [0.29, 0.717) is 11.5 Å². The second kappa shape index (κ2) is 6.04. The van der Waals surface area contributed by atoms with Gasteiger partial charge in [0.25, 0.3) is 0 Å². The highest BCUT2D eigenvalue weighted by molar-refractivity contribution is 6.13. The number of carbonyl (C=O) groups excluding carboxylic acids is 1. The molecule has 1 aromatic heterocycles. The number of hydrogen-bond acceptors (Lipinski definition) is 5. The molecular formula is C16H11F2NO4. The number of ether oxygens (including phenoxy) is 2. The first-order valence-electron chi connectivity index (χ1n) is 6.66. The zero-order valence-electron chi connectivity index (χ0n) is 12.0. The number of aliphatic imine (C=N–C) groups is 1. The molecule has 1 aliphatic rings. The second-order valence-electron chi connectivity index (χ2n) is 4.66. The molecular weight excluding hydrogens is 308 g/mol. The molecule has 0 unspecified atom stereocenters. The zero-order valence-corrected chi connectivity index (χ0v) is 12.0. The molecule has 0 amide bonds. The lowest BCUT2D eigenvalue weighted by atomic mass is 10.2. The Kier molecular flexibility index (Phi) is 3.92. The maximum atomic E-state index is 12.4. The third-order valence-electron chi connectivity index (χ3n) is 2.99. The molecule has 0 atom stereocenters. The molecule has 2 aromatic rings. The molecule has 1 aromatic carbocycles. The van der Waals surface area contributed by atoms with Gasteiger partial charge in [-0.3, -0.25) is 0 Å². The first kappa shape index (κ1) is 15.0. The summed E-state index contributed by atoms with van der Waals surface area (Å²) in [5.41, 5.74) is 0.182. The molecule has 0 saturated heterocycles. The number of halogens is 2. The van der Waals surface area contributed by atoms with Crippen molar-refractivity contribution < 1.29 is 27.5 Å². The number of rotatable bonds is 4. The SMILES string of the molecule is Cc1ccc(C=C2N=C(c3ccccc3OC(F)F)OC2=O)o1. The van der Waals surface area contributed by atoms with Crippen molar-refractivity contribution in [1.82, 2.24) is 0 Å². The van der Waals surface area contributed by atoms with Crippen LogP contribution in [0.5, 0.6) is 5.75 Å². The van der Waals surface area contributed by atoms with Gasteiger partial charge in [-0.05, 0) is 31.2 Å². The number of hydrogen-bond donors (Lipinski definition) is 0. The Hall–Kier alpha value is -2.96. The van der Waals surface area contributed by atoms with Crippen LogP contribution < -0.4 is 4.74 Å². The van der Waals surface area contributed by atoms with Crippen LogP contribution in [0.1, 0.15) is 17.1 Å². The predicted molar refractivity (Wildman–Crippen MR) is 77.1 cm³/mol. The van der Waals surface area contributed by atoms with Crippen molar-refractivity contribution in [3.63, 3.8) is 0 Å². The average molecular weight is 319 g/mol. The van der Waals surface area contributed by atoms with E-state index in [1.54, 1.807) is 25.1 Å². The van der Waals surface area contributed by atoms with Crippen LogP contribution >= 0.6 is 0 Å². The number of benzene rings is 1. The average Bonchev–Trinajstić information content (AvgIpc) is 3.06. The van der Waals surface area contributed by atoms with E-state index in [0.717, 1.165) is 0 Å². The number of carbonyl (C=O) groups is 1. The summed E-state index contributed by atoms with van der Waals surface area (Å²) < 4.78 is 39.7. The van der Waals surface area contributed by atoms with Crippen molar-refractivity contribution in [2.75, 3.05) is 0 Å². The Morgan fingerprint density at radius 3 is 2.70 bits per heavy atom. The summed E-state index contributed by atoms with van der Waals surface area (Å²) in [6, 6.07) is 9.36. The van der Waals surface area contributed by atoms with E-state index < -0.39 is 12.6 Å². The topological polar surface area (TPSA) is 61.0 Å². The lowest BCUT2D eigenvalue weighted by Crippen LogP contribution is -2.10. The fourth-order valence-corrected chi connectivity index (χ4v) is 2.03. The minimum absolute atomic E-state index is 0.0150. The molecule has 2 heterocycles. The molecule has 5 nitrogen and oxygen atoms in total. The van der Waals surface area contributed by atoms with Crippen LogP contribution in [-0.2, 0) is 9.53 Å². The number of nitrogens with zero attached hydrogens (tertiary/aromatic N) is 1. The van der Waals surface area contributed by atoms with Gasteiger partial charge in [0.05, 0.1) is 5.56 Å². The van der Waals surface area contributed by atoms with Crippen LogP contribution in [0.2, 0.25) is 0 Å². The Balaban J connectivity index is 1.94. The Morgan fingerprint density at radius 1 is 1.22 bits per heavy atom. The number of furan rings is 1. The standard InChI is InChI=1S/C16H11F2NO4/c1-9-6-7-10(21-9)8-12-15(20)23-14(19-12)11-4-2-3-5-13(11)22-16(17)18/h2-8,16H,1H3. The maximum absolute atomic E-state index is 12.4. The zero-order chi connectivity index (χ0) is 16.4. The number of aryl methyl sites for hydroxylation is 1. The van der Waals surface area contributed by atoms with Crippen LogP contribution in [0.4, 0.5) is 8.78 Å². The molecule has 7 heteroatoms. The summed E-state index contributed by atoms with van der Waals surface area (Å²) in [5, 5.41) is 0. The van der Waals surface area contributed by atoms with Crippen LogP contribution in [0.15, 0.2) is 51.5 Å². The van der Waals surface area contributed by atoms with Gasteiger partial charge in [0, 0.05) is 6.08 Å². The highest BCUT2D eigenvalue weighted by atomic mass is 19.3.